The van der Waals surface area contributed by atoms with Crippen LogP contribution in [0.4, 0.5) is 14.5 Å². The summed E-state index contributed by atoms with van der Waals surface area (Å²) in [6, 6.07) is 8.87. The lowest BCUT2D eigenvalue weighted by Gasteiger charge is -1.98. The van der Waals surface area contributed by atoms with Gasteiger partial charge in [-0.3, -0.25) is 0 Å². The van der Waals surface area contributed by atoms with E-state index in [1.807, 2.05) is 24.3 Å². The first kappa shape index (κ1) is 17.0. The Bertz CT molecular complexity index is 1130. The van der Waals surface area contributed by atoms with Gasteiger partial charge in [-0.25, -0.2) is 0 Å². The number of nitrogens with two attached hydrogens (primary N) is 1. The molecule has 9 heteroatoms. The van der Waals surface area contributed by atoms with Crippen molar-refractivity contribution in [3.63, 3.8) is 0 Å². The number of fused-ring (bicyclic) bond motifs is 1. The van der Waals surface area contributed by atoms with Gasteiger partial charge >= 0.3 is 6.43 Å². The van der Waals surface area contributed by atoms with Gasteiger partial charge in [0.1, 0.15) is 4.88 Å². The van der Waals surface area contributed by atoms with Crippen LogP contribution in [-0.4, -0.2) is 10.2 Å². The molecule has 0 atom stereocenters. The molecule has 0 amide bonds. The summed E-state index contributed by atoms with van der Waals surface area (Å²) in [4.78, 5) is 3.84. The van der Waals surface area contributed by atoms with Gasteiger partial charge in [0.05, 0.1) is 16.6 Å². The lowest BCUT2D eigenvalue weighted by molar-refractivity contribution is -0.368. The zero-order chi connectivity index (χ0) is 18.4. The zero-order valence-corrected chi connectivity index (χ0v) is 15.8. The van der Waals surface area contributed by atoms with Crippen molar-refractivity contribution in [1.29, 1.82) is 0 Å². The van der Waals surface area contributed by atoms with E-state index in [-0.39, 0.29) is 11.6 Å². The van der Waals surface area contributed by atoms with E-state index in [0.717, 1.165) is 10.0 Å². The Balaban J connectivity index is 1.84. The Labute approximate surface area is 159 Å². The molecule has 0 aliphatic heterocycles. The minimum atomic E-state index is -2.59. The van der Waals surface area contributed by atoms with Gasteiger partial charge in [-0.1, -0.05) is 23.5 Å². The van der Waals surface area contributed by atoms with E-state index in [1.165, 1.54) is 17.4 Å². The summed E-state index contributed by atoms with van der Waals surface area (Å²) < 4.78 is 32.7. The Hall–Kier alpha value is -2.39. The molecule has 1 aromatic carbocycles. The second-order valence-corrected chi connectivity index (χ2v) is 7.52. The summed E-state index contributed by atoms with van der Waals surface area (Å²) in [6.07, 6.45) is -2.59. The van der Waals surface area contributed by atoms with E-state index < -0.39 is 6.43 Å². The maximum atomic E-state index is 13.0. The summed E-state index contributed by atoms with van der Waals surface area (Å²) >= 11 is 4.66. The SMILES string of the molecule is Cc1cc(C(F)F)[nH+]c2sc(-c3nnc(-c4ccccc4Br)o3)c(N)c12. The van der Waals surface area contributed by atoms with Crippen LogP contribution in [0, 0.1) is 6.92 Å². The average molecular weight is 438 g/mol. The van der Waals surface area contributed by atoms with Crippen LogP contribution < -0.4 is 10.7 Å². The second kappa shape index (κ2) is 6.40. The number of aromatic nitrogens is 3. The molecule has 0 saturated carbocycles. The summed E-state index contributed by atoms with van der Waals surface area (Å²) in [6.45, 7) is 1.75. The van der Waals surface area contributed by atoms with E-state index in [1.54, 1.807) is 6.92 Å². The van der Waals surface area contributed by atoms with Crippen molar-refractivity contribution in [2.75, 3.05) is 5.73 Å². The quantitative estimate of drug-likeness (QED) is 0.487. The predicted molar refractivity (Wildman–Crippen MR) is 98.9 cm³/mol. The number of nitrogen functional groups attached to an aromatic ring is 1. The first-order valence-electron chi connectivity index (χ1n) is 7.57. The molecule has 26 heavy (non-hydrogen) atoms. The zero-order valence-electron chi connectivity index (χ0n) is 13.4. The highest BCUT2D eigenvalue weighted by Crippen LogP contribution is 2.41. The van der Waals surface area contributed by atoms with Gasteiger partial charge in [-0.05, 0) is 40.5 Å². The van der Waals surface area contributed by atoms with Crippen molar-refractivity contribution in [1.82, 2.24) is 10.2 Å². The number of rotatable bonds is 3. The molecular formula is C17H12BrF2N4OS+. The number of nitrogens with one attached hydrogen (secondary N) is 1. The number of aryl methyl sites for hydroxylation is 1. The monoisotopic (exact) mass is 437 g/mol. The largest absolute Gasteiger partial charge is 0.415 e. The van der Waals surface area contributed by atoms with Gasteiger partial charge < -0.3 is 10.2 Å². The second-order valence-electron chi connectivity index (χ2n) is 5.65. The van der Waals surface area contributed by atoms with E-state index in [0.29, 0.717) is 32.2 Å². The molecule has 4 aromatic rings. The number of aromatic amines is 1. The van der Waals surface area contributed by atoms with Gasteiger partial charge in [-0.15, -0.1) is 10.2 Å². The Morgan fingerprint density at radius 1 is 1.23 bits per heavy atom. The van der Waals surface area contributed by atoms with Crippen molar-refractivity contribution in [3.8, 4) is 22.2 Å². The van der Waals surface area contributed by atoms with Crippen LogP contribution in [0.1, 0.15) is 17.7 Å². The van der Waals surface area contributed by atoms with Crippen LogP contribution in [0.2, 0.25) is 0 Å². The van der Waals surface area contributed by atoms with Crippen molar-refractivity contribution >= 4 is 43.2 Å². The molecule has 0 bridgehead atoms. The molecule has 5 nitrogen and oxygen atoms in total. The van der Waals surface area contributed by atoms with Crippen LogP contribution >= 0.6 is 27.3 Å². The van der Waals surface area contributed by atoms with Crippen molar-refractivity contribution in [2.45, 2.75) is 13.3 Å². The van der Waals surface area contributed by atoms with E-state index in [9.17, 15) is 8.78 Å². The third-order valence-corrected chi connectivity index (χ3v) is 5.73. The maximum Gasteiger partial charge on any atom is 0.320 e. The van der Waals surface area contributed by atoms with Gasteiger partial charge in [0.2, 0.25) is 11.6 Å². The average Bonchev–Trinajstić information content (AvgIpc) is 3.20. The van der Waals surface area contributed by atoms with Crippen molar-refractivity contribution < 1.29 is 18.2 Å². The fourth-order valence-corrected chi connectivity index (χ4v) is 4.31. The van der Waals surface area contributed by atoms with Gasteiger partial charge in [0.25, 0.3) is 10.7 Å². The number of H-pyrrole nitrogens is 1. The van der Waals surface area contributed by atoms with Crippen LogP contribution in [0.3, 0.4) is 0 Å². The smallest absolute Gasteiger partial charge is 0.320 e. The number of alkyl halides is 2. The normalized spacial score (nSPS) is 11.6. The van der Waals surface area contributed by atoms with E-state index >= 15 is 0 Å². The predicted octanol–water partition coefficient (Wildman–Crippen LogP) is 5.02. The number of pyridine rings is 1. The fraction of sp³-hybridized carbons (Fsp3) is 0.118. The standard InChI is InChI=1S/C17H11BrF2N4OS/c1-7-6-10(14(19)20)22-17-11(7)12(21)13(26-17)16-24-23-15(25-16)8-4-2-3-5-9(8)18/h2-6,14H,21H2,1H3/p+1. The van der Waals surface area contributed by atoms with E-state index in [2.05, 4.69) is 31.1 Å². The molecule has 0 aliphatic rings. The van der Waals surface area contributed by atoms with Crippen LogP contribution in [0.25, 0.3) is 32.4 Å². The number of hydrogen-bond acceptors (Lipinski definition) is 5. The third-order valence-electron chi connectivity index (χ3n) is 3.93. The Morgan fingerprint density at radius 3 is 2.69 bits per heavy atom. The number of hydrogen-bond donors (Lipinski definition) is 1. The first-order chi connectivity index (χ1) is 12.5. The Morgan fingerprint density at radius 2 is 1.96 bits per heavy atom. The number of thiophene rings is 1. The molecular weight excluding hydrogens is 426 g/mol. The number of anilines is 1. The summed E-state index contributed by atoms with van der Waals surface area (Å²) in [5.74, 6) is 0.596. The molecule has 0 radical (unpaired) electrons. The summed E-state index contributed by atoms with van der Waals surface area (Å²) in [7, 11) is 0. The van der Waals surface area contributed by atoms with Gasteiger partial charge in [0.15, 0.2) is 0 Å². The first-order valence-corrected chi connectivity index (χ1v) is 9.18. The third kappa shape index (κ3) is 2.77. The molecule has 3 aromatic heterocycles. The molecule has 0 aliphatic carbocycles. The molecule has 132 valence electrons. The van der Waals surface area contributed by atoms with Crippen LogP contribution in [0.5, 0.6) is 0 Å². The maximum absolute atomic E-state index is 13.0. The highest BCUT2D eigenvalue weighted by molar-refractivity contribution is 9.10. The minimum absolute atomic E-state index is 0.151. The van der Waals surface area contributed by atoms with Gasteiger partial charge in [-0.2, -0.15) is 13.8 Å². The number of halogens is 3. The molecule has 0 unspecified atom stereocenters. The minimum Gasteiger partial charge on any atom is -0.415 e. The molecule has 3 N–H and O–H groups in total. The van der Waals surface area contributed by atoms with E-state index in [4.69, 9.17) is 10.2 Å². The Kier molecular flexibility index (Phi) is 4.20. The molecule has 4 rings (SSSR count). The van der Waals surface area contributed by atoms with Crippen molar-refractivity contribution in [2.24, 2.45) is 0 Å². The fourth-order valence-electron chi connectivity index (χ4n) is 2.73. The molecule has 0 fully saturated rings. The van der Waals surface area contributed by atoms with Gasteiger partial charge in [0, 0.05) is 10.5 Å². The van der Waals surface area contributed by atoms with Crippen LogP contribution in [0.15, 0.2) is 39.2 Å². The molecule has 0 spiro atoms. The highest BCUT2D eigenvalue weighted by atomic mass is 79.9. The summed E-state index contributed by atoms with van der Waals surface area (Å²) in [5, 5.41) is 8.85. The summed E-state index contributed by atoms with van der Waals surface area (Å²) in [5.41, 5.74) is 7.95. The lowest BCUT2D eigenvalue weighted by Crippen LogP contribution is -2.11. The van der Waals surface area contributed by atoms with Crippen molar-refractivity contribution in [3.05, 3.63) is 46.1 Å². The molecule has 0 saturated heterocycles. The lowest BCUT2D eigenvalue weighted by atomic mass is 10.1. The topological polar surface area (TPSA) is 79.1 Å². The number of nitrogens with zero attached hydrogens (tertiary/aromatic N) is 2. The highest BCUT2D eigenvalue weighted by Gasteiger charge is 2.25. The molecule has 3 heterocycles. The number of benzene rings is 1. The van der Waals surface area contributed by atoms with Crippen LogP contribution in [-0.2, 0) is 0 Å².